The van der Waals surface area contributed by atoms with E-state index in [1.165, 1.54) is 5.56 Å². The van der Waals surface area contributed by atoms with Gasteiger partial charge >= 0.3 is 0 Å². The van der Waals surface area contributed by atoms with Crippen LogP contribution in [-0.2, 0) is 32.4 Å². The summed E-state index contributed by atoms with van der Waals surface area (Å²) in [5.41, 5.74) is 3.12. The zero-order chi connectivity index (χ0) is 24.8. The molecule has 1 fully saturated rings. The van der Waals surface area contributed by atoms with Crippen LogP contribution in [0.25, 0.3) is 0 Å². The number of carbonyl (C=O) groups excluding carboxylic acids is 2. The first-order valence-corrected chi connectivity index (χ1v) is 13.7. The average molecular weight is 500 g/mol. The molecule has 1 atom stereocenters. The van der Waals surface area contributed by atoms with E-state index in [-0.39, 0.29) is 16.7 Å². The highest BCUT2D eigenvalue weighted by Crippen LogP contribution is 2.26. The Bertz CT molecular complexity index is 1160. The summed E-state index contributed by atoms with van der Waals surface area (Å²) in [6.45, 7) is 1.59. The lowest BCUT2D eigenvalue weighted by Gasteiger charge is -2.24. The number of aryl methyl sites for hydroxylation is 2. The molecule has 2 aromatic carbocycles. The van der Waals surface area contributed by atoms with Gasteiger partial charge in [-0.1, -0.05) is 6.07 Å². The van der Waals surface area contributed by atoms with Crippen molar-refractivity contribution in [2.24, 2.45) is 0 Å². The van der Waals surface area contributed by atoms with Crippen LogP contribution in [0.5, 0.6) is 0 Å². The predicted octanol–water partition coefficient (Wildman–Crippen LogP) is 3.12. The maximum absolute atomic E-state index is 13.1. The van der Waals surface area contributed by atoms with E-state index in [1.54, 1.807) is 48.4 Å². The SMILES string of the molecule is COCCCNC(=O)[C@H]1CCCN1C(=O)c1ccc(NS(=O)(=O)c2ccc3c(c2)CCCC3)cc1. The summed E-state index contributed by atoms with van der Waals surface area (Å²) in [6, 6.07) is 11.2. The Morgan fingerprint density at radius 1 is 1.03 bits per heavy atom. The number of methoxy groups -OCH3 is 1. The summed E-state index contributed by atoms with van der Waals surface area (Å²) in [5.74, 6) is -0.384. The number of sulfonamides is 1. The number of nitrogens with zero attached hydrogens (tertiary/aromatic N) is 1. The van der Waals surface area contributed by atoms with Crippen molar-refractivity contribution in [2.75, 3.05) is 31.5 Å². The van der Waals surface area contributed by atoms with Gasteiger partial charge in [0.05, 0.1) is 4.90 Å². The van der Waals surface area contributed by atoms with E-state index >= 15 is 0 Å². The topological polar surface area (TPSA) is 105 Å². The van der Waals surface area contributed by atoms with Gasteiger partial charge in [-0.3, -0.25) is 14.3 Å². The molecule has 1 saturated heterocycles. The summed E-state index contributed by atoms with van der Waals surface area (Å²) >= 11 is 0. The van der Waals surface area contributed by atoms with Crippen LogP contribution in [0.2, 0.25) is 0 Å². The van der Waals surface area contributed by atoms with Crippen molar-refractivity contribution in [2.45, 2.75) is 55.9 Å². The van der Waals surface area contributed by atoms with E-state index in [0.29, 0.717) is 43.8 Å². The Balaban J connectivity index is 1.40. The minimum absolute atomic E-state index is 0.151. The second-order valence-electron chi connectivity index (χ2n) is 9.11. The van der Waals surface area contributed by atoms with Gasteiger partial charge in [0.25, 0.3) is 15.9 Å². The Hall–Kier alpha value is -2.91. The molecule has 0 spiro atoms. The number of carbonyl (C=O) groups is 2. The molecule has 2 aromatic rings. The molecule has 0 aromatic heterocycles. The van der Waals surface area contributed by atoms with E-state index in [0.717, 1.165) is 37.7 Å². The molecular weight excluding hydrogens is 466 g/mol. The van der Waals surface area contributed by atoms with Crippen molar-refractivity contribution in [3.63, 3.8) is 0 Å². The Morgan fingerprint density at radius 3 is 2.51 bits per heavy atom. The number of fused-ring (bicyclic) bond motifs is 1. The highest BCUT2D eigenvalue weighted by Gasteiger charge is 2.34. The molecule has 35 heavy (non-hydrogen) atoms. The van der Waals surface area contributed by atoms with Crippen molar-refractivity contribution in [1.29, 1.82) is 0 Å². The minimum Gasteiger partial charge on any atom is -0.385 e. The van der Waals surface area contributed by atoms with Gasteiger partial charge in [-0.25, -0.2) is 8.42 Å². The fourth-order valence-electron chi connectivity index (χ4n) is 4.77. The first-order valence-electron chi connectivity index (χ1n) is 12.2. The first-order chi connectivity index (χ1) is 16.9. The minimum atomic E-state index is -3.74. The number of hydrogen-bond donors (Lipinski definition) is 2. The molecule has 0 unspecified atom stereocenters. The summed E-state index contributed by atoms with van der Waals surface area (Å²) in [6.07, 6.45) is 6.21. The van der Waals surface area contributed by atoms with Gasteiger partial charge in [-0.15, -0.1) is 0 Å². The molecule has 1 aliphatic carbocycles. The third-order valence-electron chi connectivity index (χ3n) is 6.66. The second-order valence-corrected chi connectivity index (χ2v) is 10.8. The maximum Gasteiger partial charge on any atom is 0.261 e. The molecular formula is C26H33N3O5S. The summed E-state index contributed by atoms with van der Waals surface area (Å²) in [7, 11) is -2.12. The quantitative estimate of drug-likeness (QED) is 0.516. The molecule has 2 N–H and O–H groups in total. The van der Waals surface area contributed by atoms with Crippen LogP contribution >= 0.6 is 0 Å². The van der Waals surface area contributed by atoms with Crippen molar-refractivity contribution >= 4 is 27.5 Å². The molecule has 1 heterocycles. The third kappa shape index (κ3) is 6.02. The van der Waals surface area contributed by atoms with Crippen LogP contribution < -0.4 is 10.0 Å². The van der Waals surface area contributed by atoms with Gasteiger partial charge in [-0.2, -0.15) is 0 Å². The highest BCUT2D eigenvalue weighted by molar-refractivity contribution is 7.92. The number of likely N-dealkylation sites (tertiary alicyclic amines) is 1. The maximum atomic E-state index is 13.1. The van der Waals surface area contributed by atoms with Gasteiger partial charge in [0.2, 0.25) is 5.91 Å². The van der Waals surface area contributed by atoms with Gasteiger partial charge < -0.3 is 15.0 Å². The van der Waals surface area contributed by atoms with Crippen molar-refractivity contribution < 1.29 is 22.7 Å². The predicted molar refractivity (Wildman–Crippen MR) is 134 cm³/mol. The van der Waals surface area contributed by atoms with Crippen molar-refractivity contribution in [1.82, 2.24) is 10.2 Å². The lowest BCUT2D eigenvalue weighted by atomic mass is 9.92. The summed E-state index contributed by atoms with van der Waals surface area (Å²) < 4.78 is 33.4. The molecule has 4 rings (SSSR count). The van der Waals surface area contributed by atoms with Crippen LogP contribution in [0.1, 0.15) is 53.6 Å². The molecule has 0 saturated carbocycles. The van der Waals surface area contributed by atoms with E-state index in [2.05, 4.69) is 10.0 Å². The number of ether oxygens (including phenoxy) is 1. The summed E-state index contributed by atoms with van der Waals surface area (Å²) in [4.78, 5) is 27.5. The number of hydrogen-bond acceptors (Lipinski definition) is 5. The molecule has 2 aliphatic rings. The fraction of sp³-hybridized carbons (Fsp3) is 0.462. The molecule has 9 heteroatoms. The number of rotatable bonds is 9. The Kier molecular flexibility index (Phi) is 8.07. The number of benzene rings is 2. The van der Waals surface area contributed by atoms with Crippen LogP contribution in [0.4, 0.5) is 5.69 Å². The zero-order valence-electron chi connectivity index (χ0n) is 20.1. The zero-order valence-corrected chi connectivity index (χ0v) is 20.9. The van der Waals surface area contributed by atoms with Crippen molar-refractivity contribution in [3.8, 4) is 0 Å². The fourth-order valence-corrected chi connectivity index (χ4v) is 5.87. The standard InChI is InChI=1S/C26H33N3O5S/c1-34-17-5-15-27-25(30)24-8-4-16-29(24)26(31)20-9-12-22(13-10-20)28-35(32,33)23-14-11-19-6-2-3-7-21(19)18-23/h9-14,18,24,28H,2-8,15-17H2,1H3,(H,27,30)/t24-/m1/s1. The number of amides is 2. The number of anilines is 1. The molecule has 1 aliphatic heterocycles. The van der Waals surface area contributed by atoms with Crippen LogP contribution in [0.3, 0.4) is 0 Å². The van der Waals surface area contributed by atoms with E-state index in [1.807, 2.05) is 6.07 Å². The van der Waals surface area contributed by atoms with Crippen LogP contribution in [-0.4, -0.2) is 58.0 Å². The molecule has 0 bridgehead atoms. The van der Waals surface area contributed by atoms with Gasteiger partial charge in [0.1, 0.15) is 6.04 Å². The van der Waals surface area contributed by atoms with Crippen LogP contribution in [0.15, 0.2) is 47.4 Å². The third-order valence-corrected chi connectivity index (χ3v) is 8.03. The molecule has 2 amide bonds. The smallest absolute Gasteiger partial charge is 0.261 e. The highest BCUT2D eigenvalue weighted by atomic mass is 32.2. The Labute approximate surface area is 207 Å². The first kappa shape index (κ1) is 25.2. The Morgan fingerprint density at radius 2 is 1.77 bits per heavy atom. The molecule has 188 valence electrons. The number of nitrogens with one attached hydrogen (secondary N) is 2. The van der Waals surface area contributed by atoms with Crippen molar-refractivity contribution in [3.05, 3.63) is 59.2 Å². The normalized spacial score (nSPS) is 17.6. The van der Waals surface area contributed by atoms with Gasteiger partial charge in [-0.05, 0) is 92.5 Å². The van der Waals surface area contributed by atoms with E-state index < -0.39 is 16.1 Å². The largest absolute Gasteiger partial charge is 0.385 e. The van der Waals surface area contributed by atoms with E-state index in [4.69, 9.17) is 4.74 Å². The lowest BCUT2D eigenvalue weighted by molar-refractivity contribution is -0.124. The average Bonchev–Trinajstić information content (AvgIpc) is 3.36. The lowest BCUT2D eigenvalue weighted by Crippen LogP contribution is -2.46. The van der Waals surface area contributed by atoms with Gasteiger partial charge in [0, 0.05) is 38.1 Å². The van der Waals surface area contributed by atoms with E-state index in [9.17, 15) is 18.0 Å². The molecule has 8 nitrogen and oxygen atoms in total. The second kappa shape index (κ2) is 11.2. The monoisotopic (exact) mass is 499 g/mol. The van der Waals surface area contributed by atoms with Crippen LogP contribution in [0, 0.1) is 0 Å². The summed E-state index contributed by atoms with van der Waals surface area (Å²) in [5, 5.41) is 2.88. The molecule has 0 radical (unpaired) electrons. The van der Waals surface area contributed by atoms with Gasteiger partial charge in [0.15, 0.2) is 0 Å².